The lowest BCUT2D eigenvalue weighted by Crippen LogP contribution is -2.39. The van der Waals surface area contributed by atoms with Crippen LogP contribution in [0.1, 0.15) is 30.7 Å². The molecule has 1 aromatic heterocycles. The van der Waals surface area contributed by atoms with Gasteiger partial charge in [0.1, 0.15) is 11.5 Å². The SMILES string of the molecule is COc1ccc2cc(OCCCN3CCC(c4cccnc4)CC3)ccc2c1.O=C(O)C(O)C(O)C(=O)O. The summed E-state index contributed by atoms with van der Waals surface area (Å²) in [7, 11) is 1.69. The Bertz CT molecular complexity index is 1160. The van der Waals surface area contributed by atoms with Crippen molar-refractivity contribution in [2.45, 2.75) is 37.4 Å². The zero-order chi connectivity index (χ0) is 27.5. The second-order valence-electron chi connectivity index (χ2n) is 9.05. The van der Waals surface area contributed by atoms with Gasteiger partial charge in [-0.1, -0.05) is 18.2 Å². The number of carboxylic acid groups (broad SMARTS) is 2. The molecule has 1 aliphatic rings. The minimum Gasteiger partial charge on any atom is -0.497 e. The monoisotopic (exact) mass is 526 g/mol. The van der Waals surface area contributed by atoms with Crippen molar-refractivity contribution in [2.24, 2.45) is 0 Å². The van der Waals surface area contributed by atoms with Crippen LogP contribution in [0.2, 0.25) is 0 Å². The molecule has 3 aromatic rings. The first kappa shape index (κ1) is 28.8. The molecule has 38 heavy (non-hydrogen) atoms. The number of carboxylic acids is 2. The van der Waals surface area contributed by atoms with Crippen LogP contribution in [0.4, 0.5) is 0 Å². The van der Waals surface area contributed by atoms with Crippen LogP contribution in [0.5, 0.6) is 11.5 Å². The minimum absolute atomic E-state index is 0.664. The van der Waals surface area contributed by atoms with E-state index in [1.807, 2.05) is 36.7 Å². The number of fused-ring (bicyclic) bond motifs is 1. The number of carbonyl (C=O) groups is 2. The number of piperidine rings is 1. The summed E-state index contributed by atoms with van der Waals surface area (Å²) in [6, 6.07) is 16.6. The number of aliphatic carboxylic acids is 2. The van der Waals surface area contributed by atoms with Gasteiger partial charge in [0, 0.05) is 18.9 Å². The predicted molar refractivity (Wildman–Crippen MR) is 141 cm³/mol. The molecule has 2 unspecified atom stereocenters. The van der Waals surface area contributed by atoms with E-state index in [1.54, 1.807) is 7.11 Å². The topological polar surface area (TPSA) is 150 Å². The van der Waals surface area contributed by atoms with Gasteiger partial charge in [-0.05, 0) is 84.9 Å². The fourth-order valence-corrected chi connectivity index (χ4v) is 4.27. The molecule has 0 amide bonds. The maximum Gasteiger partial charge on any atom is 0.335 e. The Morgan fingerprint density at radius 2 is 1.58 bits per heavy atom. The highest BCUT2D eigenvalue weighted by molar-refractivity contribution is 5.85. The first-order valence-electron chi connectivity index (χ1n) is 12.4. The number of aliphatic hydroxyl groups excluding tert-OH is 2. The molecule has 0 aliphatic carbocycles. The minimum atomic E-state index is -2.27. The van der Waals surface area contributed by atoms with Crippen LogP contribution in [-0.4, -0.2) is 87.8 Å². The molecule has 204 valence electrons. The van der Waals surface area contributed by atoms with Gasteiger partial charge in [-0.3, -0.25) is 4.98 Å². The average Bonchev–Trinajstić information content (AvgIpc) is 2.95. The number of hydrogen-bond acceptors (Lipinski definition) is 8. The molecule has 1 aliphatic heterocycles. The lowest BCUT2D eigenvalue weighted by atomic mass is 9.90. The molecule has 4 N–H and O–H groups in total. The van der Waals surface area contributed by atoms with Gasteiger partial charge in [-0.2, -0.15) is 0 Å². The molecule has 10 heteroatoms. The van der Waals surface area contributed by atoms with Gasteiger partial charge in [0.15, 0.2) is 12.2 Å². The zero-order valence-electron chi connectivity index (χ0n) is 21.3. The van der Waals surface area contributed by atoms with Gasteiger partial charge >= 0.3 is 11.9 Å². The Balaban J connectivity index is 0.000000342. The highest BCUT2D eigenvalue weighted by atomic mass is 16.5. The van der Waals surface area contributed by atoms with Crippen LogP contribution in [0.15, 0.2) is 60.9 Å². The number of methoxy groups -OCH3 is 1. The van der Waals surface area contributed by atoms with Crippen molar-refractivity contribution in [2.75, 3.05) is 33.4 Å². The smallest absolute Gasteiger partial charge is 0.335 e. The van der Waals surface area contributed by atoms with E-state index in [4.69, 9.17) is 29.9 Å². The summed E-state index contributed by atoms with van der Waals surface area (Å²) in [5, 5.41) is 34.9. The van der Waals surface area contributed by atoms with Crippen molar-refractivity contribution in [3.63, 3.8) is 0 Å². The van der Waals surface area contributed by atoms with Gasteiger partial charge in [0.2, 0.25) is 0 Å². The van der Waals surface area contributed by atoms with Crippen molar-refractivity contribution in [3.05, 3.63) is 66.5 Å². The number of nitrogens with zero attached hydrogens (tertiary/aromatic N) is 2. The highest BCUT2D eigenvalue weighted by Gasteiger charge is 2.29. The van der Waals surface area contributed by atoms with Crippen LogP contribution in [0, 0.1) is 0 Å². The van der Waals surface area contributed by atoms with Gasteiger partial charge in [-0.25, -0.2) is 9.59 Å². The van der Waals surface area contributed by atoms with E-state index in [2.05, 4.69) is 34.1 Å². The third kappa shape index (κ3) is 8.41. The number of ether oxygens (including phenoxy) is 2. The second-order valence-corrected chi connectivity index (χ2v) is 9.05. The molecule has 2 heterocycles. The molecular weight excluding hydrogens is 492 g/mol. The molecular formula is C28H34N2O8. The number of rotatable bonds is 10. The first-order chi connectivity index (χ1) is 18.3. The van der Waals surface area contributed by atoms with Crippen LogP contribution >= 0.6 is 0 Å². The third-order valence-corrected chi connectivity index (χ3v) is 6.45. The molecule has 0 radical (unpaired) electrons. The van der Waals surface area contributed by atoms with Gasteiger partial charge < -0.3 is 34.8 Å². The van der Waals surface area contributed by atoms with Crippen molar-refractivity contribution >= 4 is 22.7 Å². The van der Waals surface area contributed by atoms with E-state index in [-0.39, 0.29) is 0 Å². The summed E-state index contributed by atoms with van der Waals surface area (Å²) in [6.07, 6.45) is 2.84. The summed E-state index contributed by atoms with van der Waals surface area (Å²) in [5.41, 5.74) is 1.39. The van der Waals surface area contributed by atoms with Crippen LogP contribution in [0.25, 0.3) is 10.8 Å². The Labute approximate surface area is 221 Å². The fraction of sp³-hybridized carbons (Fsp3) is 0.393. The maximum atomic E-state index is 9.77. The Hall–Kier alpha value is -3.73. The largest absolute Gasteiger partial charge is 0.497 e. The van der Waals surface area contributed by atoms with E-state index >= 15 is 0 Å². The number of pyridine rings is 1. The lowest BCUT2D eigenvalue weighted by Gasteiger charge is -2.32. The molecule has 0 spiro atoms. The quantitative estimate of drug-likeness (QED) is 0.290. The average molecular weight is 527 g/mol. The van der Waals surface area contributed by atoms with Crippen LogP contribution in [0.3, 0.4) is 0 Å². The van der Waals surface area contributed by atoms with Gasteiger partial charge in [0.05, 0.1) is 13.7 Å². The highest BCUT2D eigenvalue weighted by Crippen LogP contribution is 2.27. The number of benzene rings is 2. The molecule has 0 saturated carbocycles. The third-order valence-electron chi connectivity index (χ3n) is 6.45. The second kappa shape index (κ2) is 14.3. The van der Waals surface area contributed by atoms with E-state index in [0.717, 1.165) is 44.2 Å². The van der Waals surface area contributed by atoms with Crippen molar-refractivity contribution in [1.29, 1.82) is 0 Å². The molecule has 2 aromatic carbocycles. The van der Waals surface area contributed by atoms with E-state index < -0.39 is 24.1 Å². The zero-order valence-corrected chi connectivity index (χ0v) is 21.3. The molecule has 10 nitrogen and oxygen atoms in total. The molecule has 2 atom stereocenters. The maximum absolute atomic E-state index is 9.77. The fourth-order valence-electron chi connectivity index (χ4n) is 4.27. The summed E-state index contributed by atoms with van der Waals surface area (Å²) in [6.45, 7) is 4.18. The van der Waals surface area contributed by atoms with Crippen LogP contribution < -0.4 is 9.47 Å². The van der Waals surface area contributed by atoms with E-state index in [0.29, 0.717) is 5.92 Å². The summed E-state index contributed by atoms with van der Waals surface area (Å²) in [4.78, 5) is 26.4. The normalized spacial score (nSPS) is 15.7. The molecule has 0 bridgehead atoms. The van der Waals surface area contributed by atoms with E-state index in [1.165, 1.54) is 29.2 Å². The van der Waals surface area contributed by atoms with Crippen molar-refractivity contribution < 1.29 is 39.5 Å². The number of aliphatic hydroxyl groups is 2. The van der Waals surface area contributed by atoms with Crippen LogP contribution in [-0.2, 0) is 9.59 Å². The molecule has 1 fully saturated rings. The van der Waals surface area contributed by atoms with E-state index in [9.17, 15) is 9.59 Å². The lowest BCUT2D eigenvalue weighted by molar-refractivity contribution is -0.165. The number of aromatic nitrogens is 1. The molecule has 4 rings (SSSR count). The number of hydrogen-bond donors (Lipinski definition) is 4. The Kier molecular flexibility index (Phi) is 10.8. The molecule has 1 saturated heterocycles. The standard InChI is InChI=1S/C24H28N2O2.C4H6O6/c1-27-23-7-5-21-17-24(8-6-20(21)16-23)28-15-3-12-26-13-9-19(10-14-26)22-4-2-11-25-18-22;5-1(3(7)8)2(6)4(9)10/h2,4-8,11,16-19H,3,9-10,12-15H2,1H3;1-2,5-6H,(H,7,8)(H,9,10). The van der Waals surface area contributed by atoms with Crippen molar-refractivity contribution in [1.82, 2.24) is 9.88 Å². The number of likely N-dealkylation sites (tertiary alicyclic amines) is 1. The first-order valence-corrected chi connectivity index (χ1v) is 12.4. The summed E-state index contributed by atoms with van der Waals surface area (Å²) in [5.74, 6) is -1.05. The Morgan fingerprint density at radius 1 is 0.974 bits per heavy atom. The Morgan fingerprint density at radius 3 is 2.13 bits per heavy atom. The predicted octanol–water partition coefficient (Wildman–Crippen LogP) is 2.77. The van der Waals surface area contributed by atoms with Gasteiger partial charge in [-0.15, -0.1) is 0 Å². The summed E-state index contributed by atoms with van der Waals surface area (Å²) < 4.78 is 11.3. The van der Waals surface area contributed by atoms with Gasteiger partial charge in [0.25, 0.3) is 0 Å². The summed E-state index contributed by atoms with van der Waals surface area (Å²) >= 11 is 0. The van der Waals surface area contributed by atoms with Crippen molar-refractivity contribution in [3.8, 4) is 11.5 Å².